The summed E-state index contributed by atoms with van der Waals surface area (Å²) in [5, 5.41) is 8.84. The van der Waals surface area contributed by atoms with E-state index < -0.39 is 24.5 Å². The Morgan fingerprint density at radius 1 is 0.875 bits per heavy atom. The van der Waals surface area contributed by atoms with Gasteiger partial charge in [0.15, 0.2) is 0 Å². The number of aliphatic carboxylic acids is 1. The number of unbranched alkanes of at least 4 members (excludes halogenated alkanes) is 6. The number of carboxylic acids is 1. The lowest BCUT2D eigenvalue weighted by atomic mass is 9.91. The molecule has 0 aromatic rings. The van der Waals surface area contributed by atoms with Gasteiger partial charge in [0.1, 0.15) is 0 Å². The molecule has 2 nitrogen and oxygen atoms in total. The minimum absolute atomic E-state index is 0.0911. The Balaban J connectivity index is 4.08. The van der Waals surface area contributed by atoms with Crippen LogP contribution in [0, 0.1) is 5.92 Å². The molecule has 0 spiro atoms. The quantitative estimate of drug-likeness (QED) is 0.280. The van der Waals surface area contributed by atoms with E-state index >= 15 is 0 Å². The van der Waals surface area contributed by atoms with Crippen molar-refractivity contribution in [2.24, 2.45) is 5.92 Å². The summed E-state index contributed by atoms with van der Waals surface area (Å²) >= 11 is 0. The van der Waals surface area contributed by atoms with E-state index in [0.29, 0.717) is 6.42 Å². The van der Waals surface area contributed by atoms with Crippen LogP contribution in [0.15, 0.2) is 0 Å². The van der Waals surface area contributed by atoms with Gasteiger partial charge in [0, 0.05) is 12.8 Å². The molecular formula is C17H29F5O2. The second-order valence-electron chi connectivity index (χ2n) is 6.47. The Morgan fingerprint density at radius 2 is 1.38 bits per heavy atom. The lowest BCUT2D eigenvalue weighted by Crippen LogP contribution is -2.36. The van der Waals surface area contributed by atoms with Crippen LogP contribution in [-0.2, 0) is 4.79 Å². The number of carbonyl (C=O) groups is 1. The molecule has 1 atom stereocenters. The summed E-state index contributed by atoms with van der Waals surface area (Å²) in [6.45, 7) is 2.12. The molecule has 0 radical (unpaired) electrons. The molecule has 0 aromatic carbocycles. The van der Waals surface area contributed by atoms with Crippen molar-refractivity contribution in [2.45, 2.75) is 96.1 Å². The Morgan fingerprint density at radius 3 is 1.88 bits per heavy atom. The average molecular weight is 360 g/mol. The van der Waals surface area contributed by atoms with Crippen LogP contribution in [0.3, 0.4) is 0 Å². The van der Waals surface area contributed by atoms with Gasteiger partial charge < -0.3 is 5.11 Å². The van der Waals surface area contributed by atoms with E-state index in [-0.39, 0.29) is 25.2 Å². The summed E-state index contributed by atoms with van der Waals surface area (Å²) < 4.78 is 62.0. The highest BCUT2D eigenvalue weighted by Gasteiger charge is 2.56. The average Bonchev–Trinajstić information content (AvgIpc) is 2.44. The number of hydrogen-bond donors (Lipinski definition) is 1. The van der Waals surface area contributed by atoms with Crippen LogP contribution in [0.4, 0.5) is 22.0 Å². The van der Waals surface area contributed by atoms with Gasteiger partial charge in [-0.15, -0.1) is 0 Å². The Kier molecular flexibility index (Phi) is 11.2. The molecular weight excluding hydrogens is 331 g/mol. The first-order valence-corrected chi connectivity index (χ1v) is 8.76. The van der Waals surface area contributed by atoms with E-state index in [4.69, 9.17) is 5.11 Å². The topological polar surface area (TPSA) is 37.3 Å². The molecule has 24 heavy (non-hydrogen) atoms. The molecule has 0 heterocycles. The first kappa shape index (κ1) is 23.1. The van der Waals surface area contributed by atoms with Gasteiger partial charge in [-0.2, -0.15) is 22.0 Å². The van der Waals surface area contributed by atoms with Crippen molar-refractivity contribution in [2.75, 3.05) is 0 Å². The summed E-state index contributed by atoms with van der Waals surface area (Å²) in [4.78, 5) is 10.8. The highest BCUT2D eigenvalue weighted by molar-refractivity contribution is 5.66. The van der Waals surface area contributed by atoms with E-state index in [1.165, 1.54) is 12.8 Å². The van der Waals surface area contributed by atoms with Crippen LogP contribution in [0.5, 0.6) is 0 Å². The zero-order valence-corrected chi connectivity index (χ0v) is 14.3. The highest BCUT2D eigenvalue weighted by Crippen LogP contribution is 2.39. The summed E-state index contributed by atoms with van der Waals surface area (Å²) in [5.74, 6) is -6.06. The molecule has 0 rings (SSSR count). The second kappa shape index (κ2) is 11.6. The summed E-state index contributed by atoms with van der Waals surface area (Å²) in [7, 11) is 0. The van der Waals surface area contributed by atoms with Gasteiger partial charge >= 0.3 is 18.1 Å². The van der Waals surface area contributed by atoms with Crippen LogP contribution in [0.25, 0.3) is 0 Å². The SMILES string of the molecule is CCCCCCCCCC(CCCC(F)(F)C(F)(F)F)CC(=O)O. The molecule has 7 heteroatoms. The molecule has 0 aliphatic heterocycles. The van der Waals surface area contributed by atoms with E-state index in [0.717, 1.165) is 32.1 Å². The Hall–Kier alpha value is -0.880. The zero-order chi connectivity index (χ0) is 18.6. The van der Waals surface area contributed by atoms with Gasteiger partial charge in [0.2, 0.25) is 0 Å². The Bertz CT molecular complexity index is 342. The third kappa shape index (κ3) is 10.8. The van der Waals surface area contributed by atoms with Crippen LogP contribution < -0.4 is 0 Å². The van der Waals surface area contributed by atoms with E-state index in [1.807, 2.05) is 0 Å². The van der Waals surface area contributed by atoms with E-state index in [9.17, 15) is 26.7 Å². The third-order valence-corrected chi connectivity index (χ3v) is 4.20. The molecule has 0 aliphatic rings. The van der Waals surface area contributed by atoms with Crippen LogP contribution in [0.2, 0.25) is 0 Å². The van der Waals surface area contributed by atoms with Gasteiger partial charge in [-0.1, -0.05) is 51.9 Å². The first-order chi connectivity index (χ1) is 11.1. The molecule has 1 unspecified atom stereocenters. The number of hydrogen-bond acceptors (Lipinski definition) is 1. The molecule has 144 valence electrons. The molecule has 0 fully saturated rings. The molecule has 0 saturated carbocycles. The van der Waals surface area contributed by atoms with Gasteiger partial charge in [0.05, 0.1) is 0 Å². The minimum Gasteiger partial charge on any atom is -0.481 e. The first-order valence-electron chi connectivity index (χ1n) is 8.76. The smallest absolute Gasteiger partial charge is 0.453 e. The fourth-order valence-electron chi connectivity index (χ4n) is 2.74. The van der Waals surface area contributed by atoms with Crippen LogP contribution >= 0.6 is 0 Å². The van der Waals surface area contributed by atoms with Gasteiger partial charge in [-0.05, 0) is 25.2 Å². The van der Waals surface area contributed by atoms with Crippen molar-refractivity contribution in [3.05, 3.63) is 0 Å². The number of carboxylic acid groups (broad SMARTS) is 1. The number of alkyl halides is 5. The largest absolute Gasteiger partial charge is 0.481 e. The van der Waals surface area contributed by atoms with Crippen molar-refractivity contribution in [1.29, 1.82) is 0 Å². The zero-order valence-electron chi connectivity index (χ0n) is 14.3. The molecule has 0 aromatic heterocycles. The van der Waals surface area contributed by atoms with Crippen molar-refractivity contribution in [1.82, 2.24) is 0 Å². The number of rotatable bonds is 14. The molecule has 0 aliphatic carbocycles. The van der Waals surface area contributed by atoms with Crippen LogP contribution in [0.1, 0.15) is 84.0 Å². The lowest BCUT2D eigenvalue weighted by Gasteiger charge is -2.21. The van der Waals surface area contributed by atoms with Gasteiger partial charge in [0.25, 0.3) is 0 Å². The molecule has 0 saturated heterocycles. The highest BCUT2D eigenvalue weighted by atomic mass is 19.4. The fraction of sp³-hybridized carbons (Fsp3) is 0.941. The van der Waals surface area contributed by atoms with Gasteiger partial charge in [-0.25, -0.2) is 0 Å². The van der Waals surface area contributed by atoms with Crippen molar-refractivity contribution in [3.63, 3.8) is 0 Å². The monoisotopic (exact) mass is 360 g/mol. The standard InChI is InChI=1S/C17H29F5O2/c1-2-3-4-5-6-7-8-10-14(13-15(23)24)11-9-12-16(18,19)17(20,21)22/h14H,2-13H2,1H3,(H,23,24). The maximum atomic E-state index is 12.9. The molecule has 1 N–H and O–H groups in total. The van der Waals surface area contributed by atoms with Gasteiger partial charge in [-0.3, -0.25) is 4.79 Å². The maximum absolute atomic E-state index is 12.9. The minimum atomic E-state index is -5.53. The fourth-order valence-corrected chi connectivity index (χ4v) is 2.74. The van der Waals surface area contributed by atoms with Crippen molar-refractivity contribution < 1.29 is 31.9 Å². The summed E-state index contributed by atoms with van der Waals surface area (Å²) in [5.41, 5.74) is 0. The number of halogens is 5. The van der Waals surface area contributed by atoms with E-state index in [2.05, 4.69) is 6.92 Å². The lowest BCUT2D eigenvalue weighted by molar-refractivity contribution is -0.284. The summed E-state index contributed by atoms with van der Waals surface area (Å²) in [6.07, 6.45) is 0.774. The predicted octanol–water partition coefficient (Wildman–Crippen LogP) is 6.59. The molecule has 0 bridgehead atoms. The van der Waals surface area contributed by atoms with Crippen LogP contribution in [-0.4, -0.2) is 23.2 Å². The maximum Gasteiger partial charge on any atom is 0.453 e. The summed E-state index contributed by atoms with van der Waals surface area (Å²) in [6, 6.07) is 0. The van der Waals surface area contributed by atoms with Crippen molar-refractivity contribution in [3.8, 4) is 0 Å². The second-order valence-corrected chi connectivity index (χ2v) is 6.47. The Labute approximate surface area is 140 Å². The van der Waals surface area contributed by atoms with Crippen molar-refractivity contribution >= 4 is 5.97 Å². The predicted molar refractivity (Wildman–Crippen MR) is 83.2 cm³/mol. The third-order valence-electron chi connectivity index (χ3n) is 4.20. The van der Waals surface area contributed by atoms with E-state index in [1.54, 1.807) is 0 Å². The molecule has 0 amide bonds. The normalized spacial score (nSPS) is 13.9.